The smallest absolute Gasteiger partial charge is 0.317 e. The molecule has 1 aliphatic heterocycles. The molecule has 0 atom stereocenters. The van der Waals surface area contributed by atoms with Gasteiger partial charge in [-0.2, -0.15) is 5.10 Å². The lowest BCUT2D eigenvalue weighted by molar-refractivity contribution is 0.186. The summed E-state index contributed by atoms with van der Waals surface area (Å²) in [6.07, 6.45) is 3.40. The molecule has 0 aromatic carbocycles. The third-order valence-corrected chi connectivity index (χ3v) is 2.42. The van der Waals surface area contributed by atoms with Crippen molar-refractivity contribution in [1.29, 1.82) is 0 Å². The molecule has 0 radical (unpaired) electrons. The Bertz CT molecular complexity index is 348. The van der Waals surface area contributed by atoms with E-state index in [1.54, 1.807) is 15.9 Å². The maximum Gasteiger partial charge on any atom is 0.317 e. The number of carbonyl (C=O) groups excluding carboxylic acids is 1. The minimum atomic E-state index is 0.0252. The van der Waals surface area contributed by atoms with Crippen molar-refractivity contribution in [3.8, 4) is 0 Å². The minimum absolute atomic E-state index is 0.0252. The Balaban J connectivity index is 1.84. The van der Waals surface area contributed by atoms with Gasteiger partial charge in [0.2, 0.25) is 0 Å². The van der Waals surface area contributed by atoms with Gasteiger partial charge in [-0.15, -0.1) is 0 Å². The van der Waals surface area contributed by atoms with E-state index in [9.17, 15) is 4.79 Å². The van der Waals surface area contributed by atoms with Crippen LogP contribution in [-0.4, -0.2) is 45.3 Å². The average Bonchev–Trinajstić information content (AvgIpc) is 2.63. The second kappa shape index (κ2) is 4.29. The number of nitrogens with zero attached hydrogens (tertiary/aromatic N) is 4. The molecule has 0 spiro atoms. The fourth-order valence-electron chi connectivity index (χ4n) is 1.63. The molecule has 15 heavy (non-hydrogen) atoms. The van der Waals surface area contributed by atoms with Crippen molar-refractivity contribution in [2.75, 3.05) is 19.6 Å². The molecular formula is C9H15N5O. The van der Waals surface area contributed by atoms with Crippen LogP contribution in [0.15, 0.2) is 6.33 Å². The highest BCUT2D eigenvalue weighted by molar-refractivity contribution is 5.74. The van der Waals surface area contributed by atoms with Crippen LogP contribution >= 0.6 is 0 Å². The first kappa shape index (κ1) is 9.95. The summed E-state index contributed by atoms with van der Waals surface area (Å²) in [7, 11) is 1.84. The molecule has 0 bridgehead atoms. The van der Waals surface area contributed by atoms with Gasteiger partial charge in [0, 0.05) is 33.1 Å². The lowest BCUT2D eigenvalue weighted by Gasteiger charge is -2.26. The second-order valence-electron chi connectivity index (χ2n) is 3.66. The normalized spacial score (nSPS) is 16.6. The monoisotopic (exact) mass is 209 g/mol. The molecule has 2 heterocycles. The summed E-state index contributed by atoms with van der Waals surface area (Å²) >= 11 is 0. The predicted molar refractivity (Wildman–Crippen MR) is 54.3 cm³/mol. The first-order chi connectivity index (χ1) is 7.25. The quantitative estimate of drug-likeness (QED) is 0.748. The topological polar surface area (TPSA) is 63.1 Å². The molecule has 1 aromatic heterocycles. The zero-order chi connectivity index (χ0) is 10.7. The first-order valence-electron chi connectivity index (χ1n) is 5.13. The molecule has 1 saturated heterocycles. The van der Waals surface area contributed by atoms with Gasteiger partial charge in [-0.25, -0.2) is 9.78 Å². The molecule has 1 fully saturated rings. The Morgan fingerprint density at radius 3 is 3.13 bits per heavy atom. The van der Waals surface area contributed by atoms with Gasteiger partial charge in [0.1, 0.15) is 6.33 Å². The molecule has 0 aliphatic carbocycles. The molecule has 6 heteroatoms. The van der Waals surface area contributed by atoms with E-state index in [-0.39, 0.29) is 6.03 Å². The van der Waals surface area contributed by atoms with E-state index in [1.165, 1.54) is 0 Å². The van der Waals surface area contributed by atoms with Gasteiger partial charge in [-0.3, -0.25) is 4.68 Å². The molecular weight excluding hydrogens is 194 g/mol. The van der Waals surface area contributed by atoms with Crippen molar-refractivity contribution in [2.45, 2.75) is 12.8 Å². The molecule has 6 nitrogen and oxygen atoms in total. The number of rotatable bonds is 3. The predicted octanol–water partition coefficient (Wildman–Crippen LogP) is -0.227. The van der Waals surface area contributed by atoms with E-state index in [1.807, 2.05) is 7.05 Å². The third-order valence-electron chi connectivity index (χ3n) is 2.42. The van der Waals surface area contributed by atoms with Crippen molar-refractivity contribution in [3.63, 3.8) is 0 Å². The van der Waals surface area contributed by atoms with Crippen LogP contribution in [-0.2, 0) is 13.5 Å². The van der Waals surface area contributed by atoms with Crippen LogP contribution in [0.2, 0.25) is 0 Å². The SMILES string of the molecule is Cn1cnc(CCN2CCCNC2=O)n1. The Kier molecular flexibility index (Phi) is 2.84. The van der Waals surface area contributed by atoms with E-state index in [2.05, 4.69) is 15.4 Å². The Labute approximate surface area is 88.3 Å². The number of hydrogen-bond acceptors (Lipinski definition) is 3. The summed E-state index contributed by atoms with van der Waals surface area (Å²) in [5, 5.41) is 6.98. The largest absolute Gasteiger partial charge is 0.338 e. The molecule has 0 unspecified atom stereocenters. The highest BCUT2D eigenvalue weighted by atomic mass is 16.2. The van der Waals surface area contributed by atoms with Crippen LogP contribution in [0.5, 0.6) is 0 Å². The Morgan fingerprint density at radius 2 is 2.47 bits per heavy atom. The van der Waals surface area contributed by atoms with Crippen molar-refractivity contribution in [2.24, 2.45) is 7.05 Å². The highest BCUT2D eigenvalue weighted by Gasteiger charge is 2.17. The second-order valence-corrected chi connectivity index (χ2v) is 3.66. The summed E-state index contributed by atoms with van der Waals surface area (Å²) in [5.74, 6) is 0.788. The summed E-state index contributed by atoms with van der Waals surface area (Å²) < 4.78 is 1.67. The lowest BCUT2D eigenvalue weighted by atomic mass is 10.3. The number of hydrogen-bond donors (Lipinski definition) is 1. The number of urea groups is 1. The Hall–Kier alpha value is -1.59. The molecule has 82 valence electrons. The number of nitrogens with one attached hydrogen (secondary N) is 1. The molecule has 1 aliphatic rings. The number of amides is 2. The van der Waals surface area contributed by atoms with Crippen molar-refractivity contribution >= 4 is 6.03 Å². The zero-order valence-corrected chi connectivity index (χ0v) is 8.81. The van der Waals surface area contributed by atoms with E-state index >= 15 is 0 Å². The molecule has 1 aromatic rings. The average molecular weight is 209 g/mol. The highest BCUT2D eigenvalue weighted by Crippen LogP contribution is 2.01. The van der Waals surface area contributed by atoms with Crippen molar-refractivity contribution in [3.05, 3.63) is 12.2 Å². The van der Waals surface area contributed by atoms with E-state index in [0.29, 0.717) is 13.0 Å². The number of aryl methyl sites for hydroxylation is 1. The fraction of sp³-hybridized carbons (Fsp3) is 0.667. The molecule has 0 saturated carbocycles. The zero-order valence-electron chi connectivity index (χ0n) is 8.81. The third kappa shape index (κ3) is 2.45. The van der Waals surface area contributed by atoms with Gasteiger partial charge < -0.3 is 10.2 Å². The van der Waals surface area contributed by atoms with Gasteiger partial charge in [-0.05, 0) is 6.42 Å². The maximum absolute atomic E-state index is 11.4. The Morgan fingerprint density at radius 1 is 1.60 bits per heavy atom. The van der Waals surface area contributed by atoms with Crippen LogP contribution in [0, 0.1) is 0 Å². The van der Waals surface area contributed by atoms with Gasteiger partial charge in [0.05, 0.1) is 0 Å². The van der Waals surface area contributed by atoms with Crippen LogP contribution < -0.4 is 5.32 Å². The van der Waals surface area contributed by atoms with Crippen LogP contribution in [0.1, 0.15) is 12.2 Å². The fourth-order valence-corrected chi connectivity index (χ4v) is 1.63. The van der Waals surface area contributed by atoms with E-state index in [4.69, 9.17) is 0 Å². The van der Waals surface area contributed by atoms with Gasteiger partial charge in [0.15, 0.2) is 5.82 Å². The van der Waals surface area contributed by atoms with Gasteiger partial charge in [0.25, 0.3) is 0 Å². The van der Waals surface area contributed by atoms with Crippen molar-refractivity contribution < 1.29 is 4.79 Å². The maximum atomic E-state index is 11.4. The molecule has 2 rings (SSSR count). The van der Waals surface area contributed by atoms with Gasteiger partial charge in [-0.1, -0.05) is 0 Å². The van der Waals surface area contributed by atoms with Crippen LogP contribution in [0.4, 0.5) is 4.79 Å². The number of aromatic nitrogens is 3. The van der Waals surface area contributed by atoms with Gasteiger partial charge >= 0.3 is 6.03 Å². The molecule has 1 N–H and O–H groups in total. The van der Waals surface area contributed by atoms with Crippen LogP contribution in [0.25, 0.3) is 0 Å². The summed E-state index contributed by atoms with van der Waals surface area (Å²) in [5.41, 5.74) is 0. The van der Waals surface area contributed by atoms with E-state index in [0.717, 1.165) is 25.3 Å². The lowest BCUT2D eigenvalue weighted by Crippen LogP contribution is -2.47. The summed E-state index contributed by atoms with van der Waals surface area (Å²) in [6, 6.07) is 0.0252. The standard InChI is InChI=1S/C9H15N5O/c1-13-7-11-8(12-13)3-6-14-5-2-4-10-9(14)15/h7H,2-6H2,1H3,(H,10,15). The molecule has 2 amide bonds. The minimum Gasteiger partial charge on any atom is -0.338 e. The number of carbonyl (C=O) groups is 1. The summed E-state index contributed by atoms with van der Waals surface area (Å²) in [6.45, 7) is 2.31. The summed E-state index contributed by atoms with van der Waals surface area (Å²) in [4.78, 5) is 17.3. The first-order valence-corrected chi connectivity index (χ1v) is 5.13. The van der Waals surface area contributed by atoms with E-state index < -0.39 is 0 Å². The van der Waals surface area contributed by atoms with Crippen molar-refractivity contribution in [1.82, 2.24) is 25.0 Å². The van der Waals surface area contributed by atoms with Crippen LogP contribution in [0.3, 0.4) is 0 Å².